The van der Waals surface area contributed by atoms with Crippen molar-refractivity contribution in [3.05, 3.63) is 59.2 Å². The normalized spacial score (nSPS) is 20.6. The lowest BCUT2D eigenvalue weighted by molar-refractivity contribution is -0.137. The van der Waals surface area contributed by atoms with Crippen LogP contribution in [0.15, 0.2) is 42.5 Å². The highest BCUT2D eigenvalue weighted by Crippen LogP contribution is 2.30. The number of benzene rings is 2. The van der Waals surface area contributed by atoms with E-state index < -0.39 is 17.8 Å². The van der Waals surface area contributed by atoms with E-state index in [9.17, 15) is 27.9 Å². The molecule has 1 aliphatic rings. The molecule has 0 bridgehead atoms. The Kier molecular flexibility index (Phi) is 15.2. The summed E-state index contributed by atoms with van der Waals surface area (Å²) in [5, 5.41) is 13.1. The van der Waals surface area contributed by atoms with E-state index in [0.29, 0.717) is 49.5 Å². The minimum atomic E-state index is -4.39. The lowest BCUT2D eigenvalue weighted by Gasteiger charge is -2.36. The van der Waals surface area contributed by atoms with Crippen molar-refractivity contribution < 1.29 is 37.3 Å². The lowest BCUT2D eigenvalue weighted by atomic mass is 10.0. The average molecular weight is 679 g/mol. The van der Waals surface area contributed by atoms with Gasteiger partial charge in [0.15, 0.2) is 0 Å². The number of hydrogen-bond acceptors (Lipinski definition) is 7. The maximum Gasteiger partial charge on any atom is 0.416 e. The molecule has 0 aromatic heterocycles. The van der Waals surface area contributed by atoms with Crippen molar-refractivity contribution in [2.24, 2.45) is 5.92 Å². The van der Waals surface area contributed by atoms with Gasteiger partial charge in [0.1, 0.15) is 5.75 Å². The number of aliphatic hydroxyl groups is 1. The Morgan fingerprint density at radius 1 is 1.10 bits per heavy atom. The Hall–Kier alpha value is -3.19. The molecule has 2 amide bonds. The summed E-state index contributed by atoms with van der Waals surface area (Å²) >= 11 is 0. The van der Waals surface area contributed by atoms with Crippen LogP contribution >= 0.6 is 0 Å². The van der Waals surface area contributed by atoms with Gasteiger partial charge in [0.2, 0.25) is 5.91 Å². The maximum absolute atomic E-state index is 14.3. The molecule has 12 heteroatoms. The molecule has 0 fully saturated rings. The number of rotatable bonds is 11. The number of amides is 2. The largest absolute Gasteiger partial charge is 0.490 e. The number of nitrogens with zero attached hydrogens (tertiary/aromatic N) is 3. The first kappa shape index (κ1) is 39.3. The van der Waals surface area contributed by atoms with Crippen LogP contribution in [0.1, 0.15) is 74.4 Å². The van der Waals surface area contributed by atoms with Crippen molar-refractivity contribution >= 4 is 17.5 Å². The standard InChI is InChI=1S/C36H53F3N4O5/c1-25-21-43(26(2)24-44)35(46)31-20-30(40-34(45)11-9-18-41(4)5)16-17-32(31)48-27(3)10-7-8-19-47-33(25)23-42(6)22-28-12-14-29(15-13-28)36(37,38)39/h12-17,20,25-27,33,44H,7-11,18-19,21-24H2,1-6H3,(H,40,45)/t25-,26+,27-,33-/m0/s1. The fraction of sp³-hybridized carbons (Fsp3) is 0.611. The highest BCUT2D eigenvalue weighted by atomic mass is 19.4. The topological polar surface area (TPSA) is 94.6 Å². The van der Waals surface area contributed by atoms with Crippen molar-refractivity contribution in [3.8, 4) is 5.75 Å². The van der Waals surface area contributed by atoms with E-state index in [1.807, 2.05) is 44.8 Å². The van der Waals surface area contributed by atoms with Crippen molar-refractivity contribution in [3.63, 3.8) is 0 Å². The van der Waals surface area contributed by atoms with E-state index in [0.717, 1.165) is 43.5 Å². The van der Waals surface area contributed by atoms with Crippen LogP contribution in [0.3, 0.4) is 0 Å². The molecule has 4 atom stereocenters. The highest BCUT2D eigenvalue weighted by Gasteiger charge is 2.31. The summed E-state index contributed by atoms with van der Waals surface area (Å²) in [5.41, 5.74) is 0.853. The molecule has 48 heavy (non-hydrogen) atoms. The van der Waals surface area contributed by atoms with Crippen LogP contribution in [0.4, 0.5) is 18.9 Å². The fourth-order valence-corrected chi connectivity index (χ4v) is 5.72. The number of carbonyl (C=O) groups excluding carboxylic acids is 2. The van der Waals surface area contributed by atoms with Crippen LogP contribution in [0.5, 0.6) is 5.75 Å². The van der Waals surface area contributed by atoms with Crippen LogP contribution in [0.2, 0.25) is 0 Å². The number of fused-ring (bicyclic) bond motifs is 1. The number of hydrogen-bond donors (Lipinski definition) is 2. The molecule has 0 saturated heterocycles. The van der Waals surface area contributed by atoms with Crippen molar-refractivity contribution in [2.75, 3.05) is 59.3 Å². The zero-order valence-corrected chi connectivity index (χ0v) is 29.2. The second-order valence-corrected chi connectivity index (χ2v) is 13.4. The summed E-state index contributed by atoms with van der Waals surface area (Å²) in [7, 11) is 5.80. The molecule has 1 heterocycles. The number of halogens is 3. The first-order valence-electron chi connectivity index (χ1n) is 16.8. The van der Waals surface area contributed by atoms with E-state index >= 15 is 0 Å². The Labute approximate surface area is 283 Å². The molecule has 0 saturated carbocycles. The number of carbonyl (C=O) groups is 2. The summed E-state index contributed by atoms with van der Waals surface area (Å²) in [5.74, 6) is -0.219. The minimum absolute atomic E-state index is 0.144. The Bertz CT molecular complexity index is 1310. The van der Waals surface area contributed by atoms with Crippen LogP contribution in [-0.2, 0) is 22.3 Å². The highest BCUT2D eigenvalue weighted by molar-refractivity contribution is 5.99. The minimum Gasteiger partial charge on any atom is -0.490 e. The van der Waals surface area contributed by atoms with Crippen molar-refractivity contribution in [1.82, 2.24) is 14.7 Å². The van der Waals surface area contributed by atoms with Gasteiger partial charge in [-0.25, -0.2) is 0 Å². The molecular formula is C36H53F3N4O5. The van der Waals surface area contributed by atoms with E-state index in [-0.39, 0.29) is 43.1 Å². The van der Waals surface area contributed by atoms with Gasteiger partial charge in [0, 0.05) is 44.3 Å². The van der Waals surface area contributed by atoms with Gasteiger partial charge in [0.25, 0.3) is 5.91 Å². The van der Waals surface area contributed by atoms with Gasteiger partial charge < -0.3 is 29.7 Å². The molecule has 0 unspecified atom stereocenters. The summed E-state index contributed by atoms with van der Waals surface area (Å²) in [6, 6.07) is 9.75. The number of anilines is 1. The zero-order valence-electron chi connectivity index (χ0n) is 29.2. The number of nitrogens with one attached hydrogen (secondary N) is 1. The van der Waals surface area contributed by atoms with Gasteiger partial charge in [0.05, 0.1) is 36.0 Å². The summed E-state index contributed by atoms with van der Waals surface area (Å²) in [4.78, 5) is 32.6. The van der Waals surface area contributed by atoms with Gasteiger partial charge in [-0.15, -0.1) is 0 Å². The third kappa shape index (κ3) is 12.4. The van der Waals surface area contributed by atoms with Gasteiger partial charge >= 0.3 is 6.18 Å². The molecule has 1 aliphatic heterocycles. The van der Waals surface area contributed by atoms with E-state index in [1.54, 1.807) is 30.0 Å². The first-order chi connectivity index (χ1) is 22.7. The number of likely N-dealkylation sites (N-methyl/N-ethyl adjacent to an activating group) is 1. The summed E-state index contributed by atoms with van der Waals surface area (Å²) in [6.07, 6.45) is -1.43. The molecule has 9 nitrogen and oxygen atoms in total. The van der Waals surface area contributed by atoms with E-state index in [4.69, 9.17) is 9.47 Å². The molecule has 2 N–H and O–H groups in total. The van der Waals surface area contributed by atoms with Gasteiger partial charge in [-0.3, -0.25) is 14.5 Å². The van der Waals surface area contributed by atoms with Crippen molar-refractivity contribution in [1.29, 1.82) is 0 Å². The van der Waals surface area contributed by atoms with Crippen LogP contribution in [0, 0.1) is 5.92 Å². The molecular weight excluding hydrogens is 625 g/mol. The maximum atomic E-state index is 14.3. The molecule has 0 aliphatic carbocycles. The average Bonchev–Trinajstić information content (AvgIpc) is 3.02. The lowest BCUT2D eigenvalue weighted by Crippen LogP contribution is -2.47. The first-order valence-corrected chi connectivity index (χ1v) is 16.8. The second-order valence-electron chi connectivity index (χ2n) is 13.4. The predicted molar refractivity (Wildman–Crippen MR) is 181 cm³/mol. The molecule has 3 rings (SSSR count). The SMILES string of the molecule is C[C@H](CO)N1C[C@H](C)[C@H](CN(C)Cc2ccc(C(F)(F)F)cc2)OCCCC[C@H](C)Oc2ccc(NC(=O)CCCN(C)C)cc2C1=O. The molecule has 0 spiro atoms. The van der Waals surface area contributed by atoms with Gasteiger partial charge in [-0.2, -0.15) is 13.2 Å². The molecule has 2 aromatic carbocycles. The van der Waals surface area contributed by atoms with Crippen LogP contribution in [0.25, 0.3) is 0 Å². The molecule has 2 aromatic rings. The number of alkyl halides is 3. The fourth-order valence-electron chi connectivity index (χ4n) is 5.72. The van der Waals surface area contributed by atoms with Crippen LogP contribution < -0.4 is 10.1 Å². The van der Waals surface area contributed by atoms with E-state index in [2.05, 4.69) is 5.32 Å². The summed E-state index contributed by atoms with van der Waals surface area (Å²) < 4.78 is 51.8. The predicted octanol–water partition coefficient (Wildman–Crippen LogP) is 5.91. The summed E-state index contributed by atoms with van der Waals surface area (Å²) in [6.45, 7) is 7.94. The zero-order chi connectivity index (χ0) is 35.4. The van der Waals surface area contributed by atoms with E-state index in [1.165, 1.54) is 12.1 Å². The quantitative estimate of drug-likeness (QED) is 0.305. The number of aliphatic hydroxyl groups excluding tert-OH is 1. The smallest absolute Gasteiger partial charge is 0.416 e. The van der Waals surface area contributed by atoms with Crippen LogP contribution in [-0.4, -0.2) is 104 Å². The van der Waals surface area contributed by atoms with Crippen molar-refractivity contribution in [2.45, 2.75) is 83.8 Å². The Morgan fingerprint density at radius 2 is 1.81 bits per heavy atom. The molecule has 268 valence electrons. The second kappa shape index (κ2) is 18.5. The molecule has 0 radical (unpaired) electrons. The third-order valence-corrected chi connectivity index (χ3v) is 8.57. The third-order valence-electron chi connectivity index (χ3n) is 8.57. The Balaban J connectivity index is 1.85. The van der Waals surface area contributed by atoms with Gasteiger partial charge in [-0.05, 0) is 103 Å². The van der Waals surface area contributed by atoms with Gasteiger partial charge in [-0.1, -0.05) is 19.1 Å². The monoisotopic (exact) mass is 678 g/mol. The number of ether oxygens (including phenoxy) is 2. The Morgan fingerprint density at radius 3 is 2.46 bits per heavy atom.